The zero-order chi connectivity index (χ0) is 8.57. The van der Waals surface area contributed by atoms with Crippen LogP contribution < -0.4 is 10.6 Å². The van der Waals surface area contributed by atoms with Gasteiger partial charge in [0.15, 0.2) is 0 Å². The summed E-state index contributed by atoms with van der Waals surface area (Å²) in [6, 6.07) is 0. The Morgan fingerprint density at radius 1 is 0.909 bits per heavy atom. The Morgan fingerprint density at radius 2 is 1.00 bits per heavy atom. The van der Waals surface area contributed by atoms with E-state index in [0.29, 0.717) is 0 Å². The molecule has 0 spiro atoms. The van der Waals surface area contributed by atoms with E-state index in [9.17, 15) is 9.59 Å². The zero-order valence-electron chi connectivity index (χ0n) is 6.82. The van der Waals surface area contributed by atoms with E-state index in [2.05, 4.69) is 10.6 Å². The van der Waals surface area contributed by atoms with Gasteiger partial charge in [0, 0.05) is 27.9 Å². The van der Waals surface area contributed by atoms with Crippen molar-refractivity contribution in [3.05, 3.63) is 0 Å². The molecule has 0 atom stereocenters. The van der Waals surface area contributed by atoms with Crippen LogP contribution >= 0.6 is 0 Å². The predicted molar refractivity (Wildman–Crippen MR) is 46.2 cm³/mol. The molecule has 0 saturated heterocycles. The fraction of sp³-hybridized carbons (Fsp3) is 0.714. The van der Waals surface area contributed by atoms with Gasteiger partial charge in [-0.05, 0) is 0 Å². The Balaban J connectivity index is -0.000000107. The van der Waals surface area contributed by atoms with Gasteiger partial charge in [0.05, 0.1) is 0 Å². The third-order valence-corrected chi connectivity index (χ3v) is 0.704. The molecule has 0 aromatic rings. The van der Waals surface area contributed by atoms with E-state index in [1.54, 1.807) is 14.1 Å². The molecule has 0 aliphatic rings. The second kappa shape index (κ2) is 11.7. The summed E-state index contributed by atoms with van der Waals surface area (Å²) in [5.41, 5.74) is 0. The van der Waals surface area contributed by atoms with E-state index in [0.717, 1.165) is 0 Å². The smallest absolute Gasteiger partial charge is 0.216 e. The largest absolute Gasteiger partial charge is 0.359 e. The maximum Gasteiger partial charge on any atom is 0.216 e. The summed E-state index contributed by atoms with van der Waals surface area (Å²) in [5, 5.41) is 4.78. The first-order valence-electron chi connectivity index (χ1n) is 2.91. The molecular formula is C7H18N2O2. The highest BCUT2D eigenvalue weighted by Crippen LogP contribution is 1.45. The monoisotopic (exact) mass is 162 g/mol. The summed E-state index contributed by atoms with van der Waals surface area (Å²) in [6.07, 6.45) is 0. The zero-order valence-corrected chi connectivity index (χ0v) is 6.82. The van der Waals surface area contributed by atoms with Gasteiger partial charge in [-0.2, -0.15) is 0 Å². The Morgan fingerprint density at radius 3 is 1.00 bits per heavy atom. The molecule has 11 heavy (non-hydrogen) atoms. The normalized spacial score (nSPS) is 6.18. The quantitative estimate of drug-likeness (QED) is 0.532. The molecular weight excluding hydrogens is 144 g/mol. The minimum atomic E-state index is 0. The van der Waals surface area contributed by atoms with Gasteiger partial charge in [0.2, 0.25) is 11.8 Å². The highest BCUT2D eigenvalue weighted by atomic mass is 16.1. The minimum absolute atomic E-state index is 0. The SMILES string of the molecule is C.CNC(C)=O.CNC(C)=O. The van der Waals surface area contributed by atoms with Gasteiger partial charge >= 0.3 is 0 Å². The molecule has 0 radical (unpaired) electrons. The lowest BCUT2D eigenvalue weighted by Gasteiger charge is -1.80. The molecule has 2 amide bonds. The summed E-state index contributed by atoms with van der Waals surface area (Å²) in [5.74, 6) is 0.00926. The summed E-state index contributed by atoms with van der Waals surface area (Å²) < 4.78 is 0. The number of carbonyl (C=O) groups excluding carboxylic acids is 2. The van der Waals surface area contributed by atoms with Crippen LogP contribution in [0.5, 0.6) is 0 Å². The van der Waals surface area contributed by atoms with Crippen LogP contribution in [0.15, 0.2) is 0 Å². The van der Waals surface area contributed by atoms with Crippen molar-refractivity contribution in [2.75, 3.05) is 14.1 Å². The number of rotatable bonds is 0. The molecule has 4 heteroatoms. The third-order valence-electron chi connectivity index (χ3n) is 0.704. The first-order valence-corrected chi connectivity index (χ1v) is 2.91. The molecule has 0 aliphatic carbocycles. The molecule has 0 fully saturated rings. The van der Waals surface area contributed by atoms with Crippen LogP contribution in [0.4, 0.5) is 0 Å². The fourth-order valence-corrected chi connectivity index (χ4v) is 0. The number of hydrogen-bond donors (Lipinski definition) is 2. The molecule has 0 aromatic carbocycles. The van der Waals surface area contributed by atoms with Crippen molar-refractivity contribution in [3.63, 3.8) is 0 Å². The van der Waals surface area contributed by atoms with E-state index in [-0.39, 0.29) is 19.2 Å². The molecule has 68 valence electrons. The molecule has 0 aromatic heterocycles. The maximum atomic E-state index is 9.70. The number of nitrogens with one attached hydrogen (secondary N) is 2. The van der Waals surface area contributed by atoms with Crippen molar-refractivity contribution < 1.29 is 9.59 Å². The van der Waals surface area contributed by atoms with Gasteiger partial charge in [0.25, 0.3) is 0 Å². The van der Waals surface area contributed by atoms with Gasteiger partial charge in [0.1, 0.15) is 0 Å². The Kier molecular flexibility index (Phi) is 17.5. The first-order chi connectivity index (χ1) is 4.54. The van der Waals surface area contributed by atoms with E-state index in [1.165, 1.54) is 13.8 Å². The van der Waals surface area contributed by atoms with Crippen molar-refractivity contribution in [2.24, 2.45) is 0 Å². The van der Waals surface area contributed by atoms with Crippen molar-refractivity contribution in [1.82, 2.24) is 10.6 Å². The molecule has 0 unspecified atom stereocenters. The topological polar surface area (TPSA) is 58.2 Å². The Labute approximate surface area is 68.4 Å². The van der Waals surface area contributed by atoms with Crippen molar-refractivity contribution in [3.8, 4) is 0 Å². The molecule has 0 rings (SSSR count). The average Bonchev–Trinajstić information content (AvgIpc) is 1.89. The lowest BCUT2D eigenvalue weighted by atomic mass is 10.7. The second-order valence-electron chi connectivity index (χ2n) is 1.61. The molecule has 0 heterocycles. The Bertz CT molecular complexity index is 99.0. The highest BCUT2D eigenvalue weighted by Gasteiger charge is 1.73. The average molecular weight is 162 g/mol. The summed E-state index contributed by atoms with van der Waals surface area (Å²) in [7, 11) is 3.20. The molecule has 0 aliphatic heterocycles. The number of amides is 2. The first kappa shape index (κ1) is 16.5. The van der Waals surface area contributed by atoms with Gasteiger partial charge in [-0.15, -0.1) is 0 Å². The van der Waals surface area contributed by atoms with E-state index in [4.69, 9.17) is 0 Å². The van der Waals surface area contributed by atoms with Crippen LogP contribution in [0.1, 0.15) is 21.3 Å². The summed E-state index contributed by atoms with van der Waals surface area (Å²) >= 11 is 0. The molecule has 0 saturated carbocycles. The fourth-order valence-electron chi connectivity index (χ4n) is 0. The van der Waals surface area contributed by atoms with Crippen molar-refractivity contribution in [1.29, 1.82) is 0 Å². The van der Waals surface area contributed by atoms with Crippen molar-refractivity contribution >= 4 is 11.8 Å². The minimum Gasteiger partial charge on any atom is -0.359 e. The molecule has 0 bridgehead atoms. The van der Waals surface area contributed by atoms with E-state index >= 15 is 0 Å². The lowest BCUT2D eigenvalue weighted by Crippen LogP contribution is -2.11. The summed E-state index contributed by atoms with van der Waals surface area (Å²) in [6.45, 7) is 2.94. The molecule has 4 nitrogen and oxygen atoms in total. The maximum absolute atomic E-state index is 9.70. The van der Waals surface area contributed by atoms with Crippen molar-refractivity contribution in [2.45, 2.75) is 21.3 Å². The standard InChI is InChI=1S/2C3H7NO.CH4/c2*1-3(5)4-2;/h2*1-2H3,(H,4,5);1H4. The third kappa shape index (κ3) is 49.8. The van der Waals surface area contributed by atoms with Gasteiger partial charge < -0.3 is 10.6 Å². The van der Waals surface area contributed by atoms with Crippen LogP contribution in [0.3, 0.4) is 0 Å². The number of carbonyl (C=O) groups is 2. The van der Waals surface area contributed by atoms with Crippen LogP contribution in [0.25, 0.3) is 0 Å². The van der Waals surface area contributed by atoms with Gasteiger partial charge in [-0.25, -0.2) is 0 Å². The van der Waals surface area contributed by atoms with E-state index in [1.807, 2.05) is 0 Å². The van der Waals surface area contributed by atoms with Crippen LogP contribution in [0.2, 0.25) is 0 Å². The second-order valence-corrected chi connectivity index (χ2v) is 1.61. The van der Waals surface area contributed by atoms with E-state index < -0.39 is 0 Å². The highest BCUT2D eigenvalue weighted by molar-refractivity contribution is 5.72. The van der Waals surface area contributed by atoms with Gasteiger partial charge in [-0.3, -0.25) is 9.59 Å². The number of hydrogen-bond acceptors (Lipinski definition) is 2. The summed E-state index contributed by atoms with van der Waals surface area (Å²) in [4.78, 5) is 19.4. The van der Waals surface area contributed by atoms with Crippen LogP contribution in [-0.4, -0.2) is 25.9 Å². The predicted octanol–water partition coefficient (Wildman–Crippen LogP) is 0.141. The van der Waals surface area contributed by atoms with Gasteiger partial charge in [-0.1, -0.05) is 7.43 Å². The lowest BCUT2D eigenvalue weighted by molar-refractivity contribution is -0.119. The van der Waals surface area contributed by atoms with Crippen LogP contribution in [0, 0.1) is 0 Å². The Hall–Kier alpha value is -1.06. The van der Waals surface area contributed by atoms with Crippen LogP contribution in [-0.2, 0) is 9.59 Å². The molecule has 2 N–H and O–H groups in total.